The highest BCUT2D eigenvalue weighted by molar-refractivity contribution is 5.75. The zero-order chi connectivity index (χ0) is 16.8. The van der Waals surface area contributed by atoms with Gasteiger partial charge in [0.25, 0.3) is 5.56 Å². The van der Waals surface area contributed by atoms with E-state index in [1.165, 1.54) is 0 Å². The van der Waals surface area contributed by atoms with Crippen molar-refractivity contribution in [2.45, 2.75) is 25.8 Å². The summed E-state index contributed by atoms with van der Waals surface area (Å²) in [5.74, 6) is 0.660. The number of likely N-dealkylation sites (tertiary alicyclic amines) is 1. The molecule has 0 aromatic carbocycles. The van der Waals surface area contributed by atoms with E-state index < -0.39 is 0 Å². The predicted octanol–water partition coefficient (Wildman–Crippen LogP) is 1.46. The second-order valence-electron chi connectivity index (χ2n) is 6.80. The Labute approximate surface area is 139 Å². The lowest BCUT2D eigenvalue weighted by molar-refractivity contribution is -0.131. The van der Waals surface area contributed by atoms with Gasteiger partial charge >= 0.3 is 0 Å². The molecule has 2 aromatic heterocycles. The van der Waals surface area contributed by atoms with Crippen LogP contribution in [-0.2, 0) is 11.3 Å². The van der Waals surface area contributed by atoms with Crippen LogP contribution in [0.15, 0.2) is 35.4 Å². The molecule has 0 aliphatic carbocycles. The van der Waals surface area contributed by atoms with Gasteiger partial charge in [0.2, 0.25) is 5.91 Å². The summed E-state index contributed by atoms with van der Waals surface area (Å²) in [6.45, 7) is 3.71. The van der Waals surface area contributed by atoms with Crippen LogP contribution in [0.4, 0.5) is 5.69 Å². The number of hydrogen-bond donors (Lipinski definition) is 1. The Kier molecular flexibility index (Phi) is 3.40. The largest absolute Gasteiger partial charge is 0.398 e. The molecular formula is C18H20N4O2. The molecule has 0 spiro atoms. The molecule has 4 heterocycles. The molecule has 24 heavy (non-hydrogen) atoms. The molecular weight excluding hydrogens is 304 g/mol. The van der Waals surface area contributed by atoms with Gasteiger partial charge in [-0.1, -0.05) is 0 Å². The van der Waals surface area contributed by atoms with Crippen LogP contribution in [0.25, 0.3) is 11.1 Å². The normalized spacial score (nSPS) is 22.1. The Morgan fingerprint density at radius 2 is 2.12 bits per heavy atom. The second kappa shape index (κ2) is 5.47. The van der Waals surface area contributed by atoms with Crippen molar-refractivity contribution in [2.75, 3.05) is 18.8 Å². The van der Waals surface area contributed by atoms with E-state index in [0.717, 1.165) is 29.8 Å². The Hall–Kier alpha value is -2.63. The number of aromatic nitrogens is 2. The lowest BCUT2D eigenvalue weighted by atomic mass is 9.82. The average Bonchev–Trinajstić information content (AvgIpc) is 2.56. The molecule has 2 bridgehead atoms. The summed E-state index contributed by atoms with van der Waals surface area (Å²) in [6, 6.07) is 5.42. The predicted molar refractivity (Wildman–Crippen MR) is 91.4 cm³/mol. The van der Waals surface area contributed by atoms with Gasteiger partial charge in [0, 0.05) is 67.9 Å². The molecule has 2 aliphatic rings. The monoisotopic (exact) mass is 324 g/mol. The van der Waals surface area contributed by atoms with Gasteiger partial charge in [-0.15, -0.1) is 0 Å². The van der Waals surface area contributed by atoms with Gasteiger partial charge in [-0.05, 0) is 30.0 Å². The molecule has 6 heteroatoms. The van der Waals surface area contributed by atoms with Crippen LogP contribution in [0.3, 0.4) is 0 Å². The fourth-order valence-electron chi connectivity index (χ4n) is 4.02. The minimum absolute atomic E-state index is 0.00303. The molecule has 1 fully saturated rings. The zero-order valence-corrected chi connectivity index (χ0v) is 13.6. The summed E-state index contributed by atoms with van der Waals surface area (Å²) in [6.07, 6.45) is 4.35. The third-order valence-corrected chi connectivity index (χ3v) is 5.17. The summed E-state index contributed by atoms with van der Waals surface area (Å²) >= 11 is 0. The first-order chi connectivity index (χ1) is 11.5. The van der Waals surface area contributed by atoms with Crippen molar-refractivity contribution >= 4 is 11.6 Å². The first-order valence-corrected chi connectivity index (χ1v) is 8.23. The summed E-state index contributed by atoms with van der Waals surface area (Å²) in [4.78, 5) is 30.4. The van der Waals surface area contributed by atoms with E-state index >= 15 is 0 Å². The van der Waals surface area contributed by atoms with Gasteiger partial charge in [-0.2, -0.15) is 0 Å². The number of carbonyl (C=O) groups excluding carboxylic acids is 1. The Balaban J connectivity index is 1.81. The van der Waals surface area contributed by atoms with E-state index in [9.17, 15) is 9.59 Å². The van der Waals surface area contributed by atoms with Gasteiger partial charge in [-0.3, -0.25) is 14.6 Å². The van der Waals surface area contributed by atoms with Crippen molar-refractivity contribution in [3.63, 3.8) is 0 Å². The maximum atomic E-state index is 12.6. The average molecular weight is 324 g/mol. The number of fused-ring (bicyclic) bond motifs is 4. The van der Waals surface area contributed by atoms with E-state index in [4.69, 9.17) is 5.73 Å². The van der Waals surface area contributed by atoms with Crippen molar-refractivity contribution in [3.8, 4) is 11.1 Å². The van der Waals surface area contributed by atoms with Crippen molar-refractivity contribution in [2.24, 2.45) is 5.92 Å². The topological polar surface area (TPSA) is 81.2 Å². The number of nitrogen functional groups attached to an aromatic ring is 1. The van der Waals surface area contributed by atoms with Crippen molar-refractivity contribution < 1.29 is 4.79 Å². The maximum Gasteiger partial charge on any atom is 0.251 e. The molecule has 6 nitrogen and oxygen atoms in total. The third-order valence-electron chi connectivity index (χ3n) is 5.17. The fraction of sp³-hybridized carbons (Fsp3) is 0.389. The lowest BCUT2D eigenvalue weighted by Gasteiger charge is -2.42. The van der Waals surface area contributed by atoms with Gasteiger partial charge in [-0.25, -0.2) is 0 Å². The highest BCUT2D eigenvalue weighted by Gasteiger charge is 2.35. The highest BCUT2D eigenvalue weighted by Crippen LogP contribution is 2.37. The van der Waals surface area contributed by atoms with Crippen molar-refractivity contribution in [1.29, 1.82) is 0 Å². The first-order valence-electron chi connectivity index (χ1n) is 8.23. The fourth-order valence-corrected chi connectivity index (χ4v) is 4.02. The number of nitrogens with zero attached hydrogens (tertiary/aromatic N) is 3. The van der Waals surface area contributed by atoms with E-state index in [2.05, 4.69) is 4.98 Å². The lowest BCUT2D eigenvalue weighted by Crippen LogP contribution is -2.48. The second-order valence-corrected chi connectivity index (χ2v) is 6.80. The molecule has 124 valence electrons. The molecule has 0 saturated carbocycles. The van der Waals surface area contributed by atoms with Crippen LogP contribution < -0.4 is 11.3 Å². The third kappa shape index (κ3) is 2.38. The van der Waals surface area contributed by atoms with Crippen LogP contribution in [0.1, 0.15) is 25.0 Å². The van der Waals surface area contributed by atoms with Gasteiger partial charge in [0.1, 0.15) is 0 Å². The van der Waals surface area contributed by atoms with Crippen LogP contribution in [-0.4, -0.2) is 33.4 Å². The standard InChI is InChI=1S/C18H20N4O2/c1-11(23)21-8-12-4-14(10-21)17-5-13(6-18(24)22(17)9-12)15-7-20-3-2-16(15)19/h2-3,5-7,12,14H,4,8-10H2,1H3,(H2,19,20)/t12-,14+/m0/s1. The minimum Gasteiger partial charge on any atom is -0.398 e. The molecule has 0 unspecified atom stereocenters. The van der Waals surface area contributed by atoms with Crippen LogP contribution >= 0.6 is 0 Å². The van der Waals surface area contributed by atoms with Crippen LogP contribution in [0, 0.1) is 5.92 Å². The molecule has 2 aromatic rings. The summed E-state index contributed by atoms with van der Waals surface area (Å²) in [7, 11) is 0. The Morgan fingerprint density at radius 1 is 1.29 bits per heavy atom. The summed E-state index contributed by atoms with van der Waals surface area (Å²) in [5.41, 5.74) is 9.23. The molecule has 2 N–H and O–H groups in total. The van der Waals surface area contributed by atoms with E-state index in [1.54, 1.807) is 31.5 Å². The van der Waals surface area contributed by atoms with E-state index in [1.807, 2.05) is 15.5 Å². The van der Waals surface area contributed by atoms with Crippen molar-refractivity contribution in [1.82, 2.24) is 14.5 Å². The van der Waals surface area contributed by atoms with E-state index in [0.29, 0.717) is 24.7 Å². The van der Waals surface area contributed by atoms with Crippen molar-refractivity contribution in [3.05, 3.63) is 46.6 Å². The molecule has 1 amide bonds. The van der Waals surface area contributed by atoms with Gasteiger partial charge in [0.05, 0.1) is 0 Å². The van der Waals surface area contributed by atoms with Gasteiger partial charge < -0.3 is 15.2 Å². The highest BCUT2D eigenvalue weighted by atomic mass is 16.2. The molecule has 1 saturated heterocycles. The van der Waals surface area contributed by atoms with Crippen LogP contribution in [0.2, 0.25) is 0 Å². The summed E-state index contributed by atoms with van der Waals surface area (Å²) in [5, 5.41) is 0. The van der Waals surface area contributed by atoms with Crippen LogP contribution in [0.5, 0.6) is 0 Å². The number of carbonyl (C=O) groups is 1. The summed E-state index contributed by atoms with van der Waals surface area (Å²) < 4.78 is 1.87. The molecule has 2 aliphatic heterocycles. The molecule has 2 atom stereocenters. The number of rotatable bonds is 1. The quantitative estimate of drug-likeness (QED) is 0.861. The van der Waals surface area contributed by atoms with Gasteiger partial charge in [0.15, 0.2) is 0 Å². The first kappa shape index (κ1) is 14.9. The molecule has 0 radical (unpaired) electrons. The molecule has 4 rings (SSSR count). The smallest absolute Gasteiger partial charge is 0.251 e. The number of anilines is 1. The minimum atomic E-state index is -0.00303. The SMILES string of the molecule is CC(=O)N1C[C@@H]2C[C@H](C1)c1cc(-c3cnccc3N)cc(=O)n1C2. The zero-order valence-electron chi connectivity index (χ0n) is 13.6. The number of hydrogen-bond acceptors (Lipinski definition) is 4. The number of nitrogens with two attached hydrogens (primary N) is 1. The number of pyridine rings is 2. The number of amides is 1. The maximum absolute atomic E-state index is 12.6. The van der Waals surface area contributed by atoms with E-state index in [-0.39, 0.29) is 17.4 Å². The number of piperidine rings is 1. The Bertz CT molecular complexity index is 874. The Morgan fingerprint density at radius 3 is 2.88 bits per heavy atom.